The normalized spacial score (nSPS) is 20.3. The van der Waals surface area contributed by atoms with Gasteiger partial charge in [-0.1, -0.05) is 0 Å². The molecular weight excluding hydrogens is 378 g/mol. The van der Waals surface area contributed by atoms with E-state index in [0.717, 1.165) is 68.6 Å². The van der Waals surface area contributed by atoms with Crippen molar-refractivity contribution in [2.75, 3.05) is 43.0 Å². The molecule has 0 saturated carbocycles. The van der Waals surface area contributed by atoms with Gasteiger partial charge in [-0.15, -0.1) is 0 Å². The minimum Gasteiger partial charge on any atom is -0.356 e. The third-order valence-electron chi connectivity index (χ3n) is 6.24. The Kier molecular flexibility index (Phi) is 6.11. The molecule has 0 aliphatic carbocycles. The van der Waals surface area contributed by atoms with E-state index in [1.807, 2.05) is 37.9 Å². The van der Waals surface area contributed by atoms with E-state index in [1.54, 1.807) is 12.4 Å². The lowest BCUT2D eigenvalue weighted by Gasteiger charge is -2.40. The molecule has 0 aromatic carbocycles. The second-order valence-corrected chi connectivity index (χ2v) is 8.42. The lowest BCUT2D eigenvalue weighted by atomic mass is 9.95. The molecule has 2 saturated heterocycles. The Bertz CT molecular complexity index is 847. The van der Waals surface area contributed by atoms with Gasteiger partial charge in [0.2, 0.25) is 11.9 Å². The number of carbonyl (C=O) groups is 1. The van der Waals surface area contributed by atoms with E-state index in [4.69, 9.17) is 0 Å². The molecule has 2 aromatic rings. The summed E-state index contributed by atoms with van der Waals surface area (Å²) < 4.78 is 0. The zero-order valence-electron chi connectivity index (χ0n) is 18.2. The van der Waals surface area contributed by atoms with Gasteiger partial charge in [-0.05, 0) is 45.6 Å². The molecule has 0 N–H and O–H groups in total. The fourth-order valence-electron chi connectivity index (χ4n) is 4.62. The lowest BCUT2D eigenvalue weighted by Crippen LogP contribution is -2.50. The summed E-state index contributed by atoms with van der Waals surface area (Å²) >= 11 is 0. The quantitative estimate of drug-likeness (QED) is 0.766. The molecule has 1 amide bonds. The van der Waals surface area contributed by atoms with Gasteiger partial charge in [-0.2, -0.15) is 0 Å². The topological polar surface area (TPSA) is 78.4 Å². The van der Waals surface area contributed by atoms with Gasteiger partial charge in [0, 0.05) is 63.4 Å². The molecule has 0 spiro atoms. The molecule has 1 atom stereocenters. The first kappa shape index (κ1) is 20.5. The standard InChI is InChI=1S/C22H31N7O/c1-16-14-20(26-17(2)25-16)28-12-7-19(8-13-28)27(3)21(30)18-6-4-11-29(15-18)22-23-9-5-10-24-22/h5,9-10,14,18-19H,4,6-8,11-13,15H2,1-3H3. The first-order chi connectivity index (χ1) is 14.5. The highest BCUT2D eigenvalue weighted by atomic mass is 16.2. The molecule has 8 nitrogen and oxygen atoms in total. The van der Waals surface area contributed by atoms with Crippen LogP contribution < -0.4 is 9.80 Å². The number of nitrogens with zero attached hydrogens (tertiary/aromatic N) is 7. The highest BCUT2D eigenvalue weighted by Crippen LogP contribution is 2.25. The monoisotopic (exact) mass is 409 g/mol. The fraction of sp³-hybridized carbons (Fsp3) is 0.591. The van der Waals surface area contributed by atoms with Gasteiger partial charge in [0.1, 0.15) is 11.6 Å². The molecule has 2 aromatic heterocycles. The van der Waals surface area contributed by atoms with Gasteiger partial charge in [-0.25, -0.2) is 19.9 Å². The molecule has 1 unspecified atom stereocenters. The first-order valence-electron chi connectivity index (χ1n) is 10.9. The van der Waals surface area contributed by atoms with Crippen LogP contribution in [0.4, 0.5) is 11.8 Å². The molecular formula is C22H31N7O. The summed E-state index contributed by atoms with van der Waals surface area (Å²) in [5, 5.41) is 0. The summed E-state index contributed by atoms with van der Waals surface area (Å²) in [6, 6.07) is 4.14. The van der Waals surface area contributed by atoms with E-state index in [9.17, 15) is 4.79 Å². The van der Waals surface area contributed by atoms with Gasteiger partial charge in [-0.3, -0.25) is 4.79 Å². The zero-order valence-corrected chi connectivity index (χ0v) is 18.2. The van der Waals surface area contributed by atoms with Crippen molar-refractivity contribution >= 4 is 17.7 Å². The summed E-state index contributed by atoms with van der Waals surface area (Å²) in [5.41, 5.74) is 0.996. The van der Waals surface area contributed by atoms with Crippen molar-refractivity contribution in [3.05, 3.63) is 36.0 Å². The maximum Gasteiger partial charge on any atom is 0.227 e. The second kappa shape index (κ2) is 8.93. The van der Waals surface area contributed by atoms with Crippen LogP contribution in [0.5, 0.6) is 0 Å². The summed E-state index contributed by atoms with van der Waals surface area (Å²) in [5.74, 6) is 2.80. The number of amides is 1. The van der Waals surface area contributed by atoms with Crippen LogP contribution >= 0.6 is 0 Å². The molecule has 30 heavy (non-hydrogen) atoms. The van der Waals surface area contributed by atoms with E-state index in [2.05, 4.69) is 29.7 Å². The molecule has 4 rings (SSSR count). The molecule has 2 fully saturated rings. The maximum absolute atomic E-state index is 13.2. The van der Waals surface area contributed by atoms with Crippen molar-refractivity contribution in [1.82, 2.24) is 24.8 Å². The van der Waals surface area contributed by atoms with Crippen molar-refractivity contribution in [3.63, 3.8) is 0 Å². The zero-order chi connectivity index (χ0) is 21.1. The van der Waals surface area contributed by atoms with Gasteiger partial charge in [0.15, 0.2) is 0 Å². The Hall–Kier alpha value is -2.77. The number of rotatable bonds is 4. The third-order valence-corrected chi connectivity index (χ3v) is 6.24. The number of carbonyl (C=O) groups excluding carboxylic acids is 1. The van der Waals surface area contributed by atoms with Crippen molar-refractivity contribution in [1.29, 1.82) is 0 Å². The number of aryl methyl sites for hydroxylation is 2. The van der Waals surface area contributed by atoms with Crippen LogP contribution in [0.2, 0.25) is 0 Å². The van der Waals surface area contributed by atoms with Crippen LogP contribution in [0, 0.1) is 19.8 Å². The Morgan fingerprint density at radius 3 is 2.47 bits per heavy atom. The predicted octanol–water partition coefficient (Wildman–Crippen LogP) is 2.23. The maximum atomic E-state index is 13.2. The van der Waals surface area contributed by atoms with Crippen molar-refractivity contribution in [3.8, 4) is 0 Å². The molecule has 0 bridgehead atoms. The fourth-order valence-corrected chi connectivity index (χ4v) is 4.62. The predicted molar refractivity (Wildman–Crippen MR) is 116 cm³/mol. The van der Waals surface area contributed by atoms with E-state index in [-0.39, 0.29) is 17.9 Å². The van der Waals surface area contributed by atoms with Crippen LogP contribution in [0.3, 0.4) is 0 Å². The van der Waals surface area contributed by atoms with Crippen LogP contribution in [0.25, 0.3) is 0 Å². The first-order valence-corrected chi connectivity index (χ1v) is 10.9. The summed E-state index contributed by atoms with van der Waals surface area (Å²) in [7, 11) is 1.97. The molecule has 2 aliphatic heterocycles. The van der Waals surface area contributed by atoms with Crippen LogP contribution in [0.15, 0.2) is 24.5 Å². The minimum atomic E-state index is 0.0118. The highest BCUT2D eigenvalue weighted by molar-refractivity contribution is 5.79. The van der Waals surface area contributed by atoms with Crippen LogP contribution in [-0.4, -0.2) is 70.0 Å². The molecule has 160 valence electrons. The summed E-state index contributed by atoms with van der Waals surface area (Å²) in [4.78, 5) is 37.4. The molecule has 2 aliphatic rings. The number of aromatic nitrogens is 4. The Morgan fingerprint density at radius 2 is 1.77 bits per heavy atom. The van der Waals surface area contributed by atoms with E-state index < -0.39 is 0 Å². The Balaban J connectivity index is 1.34. The smallest absolute Gasteiger partial charge is 0.227 e. The second-order valence-electron chi connectivity index (χ2n) is 8.42. The van der Waals surface area contributed by atoms with Crippen molar-refractivity contribution in [2.45, 2.75) is 45.6 Å². The number of piperidine rings is 2. The van der Waals surface area contributed by atoms with Crippen molar-refractivity contribution < 1.29 is 4.79 Å². The van der Waals surface area contributed by atoms with E-state index >= 15 is 0 Å². The van der Waals surface area contributed by atoms with E-state index in [1.165, 1.54) is 0 Å². The largest absolute Gasteiger partial charge is 0.356 e. The number of hydrogen-bond donors (Lipinski definition) is 0. The molecule has 0 radical (unpaired) electrons. The summed E-state index contributed by atoms with van der Waals surface area (Å²) in [6.45, 7) is 7.37. The number of hydrogen-bond acceptors (Lipinski definition) is 7. The SMILES string of the molecule is Cc1cc(N2CCC(N(C)C(=O)C3CCCN(c4ncccn4)C3)CC2)nc(C)n1. The minimum absolute atomic E-state index is 0.0118. The molecule has 8 heteroatoms. The number of anilines is 2. The average Bonchev–Trinajstić information content (AvgIpc) is 2.78. The van der Waals surface area contributed by atoms with E-state index in [0.29, 0.717) is 6.54 Å². The Morgan fingerprint density at radius 1 is 1.03 bits per heavy atom. The van der Waals surface area contributed by atoms with Crippen molar-refractivity contribution in [2.24, 2.45) is 5.92 Å². The van der Waals surface area contributed by atoms with Gasteiger partial charge >= 0.3 is 0 Å². The van der Waals surface area contributed by atoms with Crippen LogP contribution in [-0.2, 0) is 4.79 Å². The third kappa shape index (κ3) is 4.52. The lowest BCUT2D eigenvalue weighted by molar-refractivity contribution is -0.137. The van der Waals surface area contributed by atoms with Crippen LogP contribution in [0.1, 0.15) is 37.2 Å². The van der Waals surface area contributed by atoms with Gasteiger partial charge in [0.05, 0.1) is 5.92 Å². The van der Waals surface area contributed by atoms with Gasteiger partial charge in [0.25, 0.3) is 0 Å². The van der Waals surface area contributed by atoms with Gasteiger partial charge < -0.3 is 14.7 Å². The highest BCUT2D eigenvalue weighted by Gasteiger charge is 2.33. The summed E-state index contributed by atoms with van der Waals surface area (Å²) in [6.07, 6.45) is 7.37. The molecule has 4 heterocycles. The average molecular weight is 410 g/mol. The Labute approximate surface area is 178 Å².